The van der Waals surface area contributed by atoms with Crippen LogP contribution in [0.1, 0.15) is 6.42 Å². The molecule has 2 saturated heterocycles. The second-order valence-electron chi connectivity index (χ2n) is 6.46. The fraction of sp³-hybridized carbons (Fsp3) is 0.556. The lowest BCUT2D eigenvalue weighted by molar-refractivity contribution is 0.00460. The Morgan fingerprint density at radius 2 is 1.96 bits per heavy atom. The Bertz CT molecular complexity index is 669. The number of fused-ring (bicyclic) bond motifs is 1. The molecule has 0 aliphatic carbocycles. The van der Waals surface area contributed by atoms with E-state index in [0.717, 1.165) is 69.3 Å². The van der Waals surface area contributed by atoms with E-state index >= 15 is 0 Å². The third-order valence-corrected chi connectivity index (χ3v) is 4.96. The van der Waals surface area contributed by atoms with E-state index in [1.165, 1.54) is 0 Å². The molecule has 1 N–H and O–H groups in total. The van der Waals surface area contributed by atoms with Crippen LogP contribution in [0.3, 0.4) is 0 Å². The number of hydrogen-bond donors (Lipinski definition) is 1. The molecule has 0 radical (unpaired) electrons. The highest BCUT2D eigenvalue weighted by Crippen LogP contribution is 2.23. The lowest BCUT2D eigenvalue weighted by Gasteiger charge is -2.37. The minimum absolute atomic E-state index is 0.449. The third-order valence-electron chi connectivity index (χ3n) is 4.96. The van der Waals surface area contributed by atoms with Crippen molar-refractivity contribution in [2.45, 2.75) is 12.5 Å². The quantitative estimate of drug-likeness (QED) is 0.903. The number of para-hydroxylation sites is 2. The fourth-order valence-electron chi connectivity index (χ4n) is 3.61. The molecule has 2 fully saturated rings. The van der Waals surface area contributed by atoms with Gasteiger partial charge in [-0.2, -0.15) is 0 Å². The number of aromatic nitrogens is 2. The lowest BCUT2D eigenvalue weighted by Crippen LogP contribution is -2.50. The molecular formula is C18H24N4O2. The first-order valence-electron chi connectivity index (χ1n) is 8.75. The minimum atomic E-state index is 0.449. The summed E-state index contributed by atoms with van der Waals surface area (Å²) in [7, 11) is 0. The molecule has 4 rings (SSSR count). The summed E-state index contributed by atoms with van der Waals surface area (Å²) in [6.07, 6.45) is 2.96. The normalized spacial score (nSPS) is 23.4. The summed E-state index contributed by atoms with van der Waals surface area (Å²) in [5.41, 5.74) is 1.85. The molecule has 2 atom stereocenters. The summed E-state index contributed by atoms with van der Waals surface area (Å²) >= 11 is 0. The van der Waals surface area contributed by atoms with Crippen molar-refractivity contribution in [1.29, 1.82) is 0 Å². The number of anilines is 1. The van der Waals surface area contributed by atoms with Gasteiger partial charge in [-0.05, 0) is 18.6 Å². The number of hydrogen-bond acceptors (Lipinski definition) is 6. The third kappa shape index (κ3) is 3.50. The maximum Gasteiger partial charge on any atom is 0.145 e. The zero-order valence-electron chi connectivity index (χ0n) is 13.9. The Kier molecular flexibility index (Phi) is 4.87. The van der Waals surface area contributed by atoms with Gasteiger partial charge in [0.2, 0.25) is 0 Å². The molecular weight excluding hydrogens is 304 g/mol. The molecule has 6 heteroatoms. The van der Waals surface area contributed by atoms with Crippen LogP contribution in [0.15, 0.2) is 30.5 Å². The Balaban J connectivity index is 1.46. The van der Waals surface area contributed by atoms with E-state index in [0.29, 0.717) is 12.0 Å². The lowest BCUT2D eigenvalue weighted by atomic mass is 9.97. The van der Waals surface area contributed by atoms with Gasteiger partial charge < -0.3 is 14.8 Å². The van der Waals surface area contributed by atoms with E-state index < -0.39 is 0 Å². The summed E-state index contributed by atoms with van der Waals surface area (Å²) in [5.74, 6) is 1.41. The molecule has 0 amide bonds. The topological polar surface area (TPSA) is 59.5 Å². The number of rotatable bonds is 5. The van der Waals surface area contributed by atoms with Crippen LogP contribution in [0, 0.1) is 5.92 Å². The van der Waals surface area contributed by atoms with E-state index in [1.54, 1.807) is 0 Å². The van der Waals surface area contributed by atoms with Gasteiger partial charge in [-0.25, -0.2) is 4.98 Å². The molecule has 0 spiro atoms. The Morgan fingerprint density at radius 1 is 1.12 bits per heavy atom. The molecule has 2 aliphatic heterocycles. The van der Waals surface area contributed by atoms with Gasteiger partial charge in [-0.1, -0.05) is 12.1 Å². The summed E-state index contributed by atoms with van der Waals surface area (Å²) in [6, 6.07) is 8.41. The number of benzene rings is 1. The monoisotopic (exact) mass is 328 g/mol. The van der Waals surface area contributed by atoms with Crippen LogP contribution in [0.25, 0.3) is 11.0 Å². The van der Waals surface area contributed by atoms with Gasteiger partial charge in [-0.3, -0.25) is 9.88 Å². The number of nitrogens with zero attached hydrogens (tertiary/aromatic N) is 3. The van der Waals surface area contributed by atoms with Crippen LogP contribution >= 0.6 is 0 Å². The van der Waals surface area contributed by atoms with E-state index in [2.05, 4.69) is 20.2 Å². The highest BCUT2D eigenvalue weighted by atomic mass is 16.5. The van der Waals surface area contributed by atoms with Crippen LogP contribution in [0.5, 0.6) is 0 Å². The van der Waals surface area contributed by atoms with E-state index in [1.807, 2.05) is 30.5 Å². The number of morpholine rings is 1. The van der Waals surface area contributed by atoms with Crippen molar-refractivity contribution >= 4 is 16.9 Å². The second-order valence-corrected chi connectivity index (χ2v) is 6.46. The molecule has 1 aromatic heterocycles. The van der Waals surface area contributed by atoms with Crippen LogP contribution in [0.4, 0.5) is 5.82 Å². The van der Waals surface area contributed by atoms with Crippen molar-refractivity contribution in [1.82, 2.24) is 14.9 Å². The zero-order valence-corrected chi connectivity index (χ0v) is 13.9. The van der Waals surface area contributed by atoms with Crippen molar-refractivity contribution in [3.8, 4) is 0 Å². The first-order chi connectivity index (χ1) is 11.9. The second kappa shape index (κ2) is 7.42. The summed E-state index contributed by atoms with van der Waals surface area (Å²) in [4.78, 5) is 11.7. The molecule has 1 aromatic carbocycles. The van der Waals surface area contributed by atoms with Crippen LogP contribution in [-0.2, 0) is 9.47 Å². The van der Waals surface area contributed by atoms with Crippen molar-refractivity contribution < 1.29 is 9.47 Å². The SMILES string of the molecule is c1ccc2nc(NC[C@@H]([C@@H]3CCOC3)N3CCOCC3)cnc2c1. The van der Waals surface area contributed by atoms with Crippen LogP contribution in [-0.4, -0.2) is 67.0 Å². The van der Waals surface area contributed by atoms with Gasteiger partial charge in [0.15, 0.2) is 0 Å². The van der Waals surface area contributed by atoms with Gasteiger partial charge in [0.05, 0.1) is 37.1 Å². The van der Waals surface area contributed by atoms with Crippen LogP contribution < -0.4 is 5.32 Å². The first kappa shape index (κ1) is 15.7. The highest BCUT2D eigenvalue weighted by Gasteiger charge is 2.31. The summed E-state index contributed by atoms with van der Waals surface area (Å²) in [6.45, 7) is 6.22. The van der Waals surface area contributed by atoms with Crippen molar-refractivity contribution in [2.75, 3.05) is 51.4 Å². The van der Waals surface area contributed by atoms with Gasteiger partial charge in [0.1, 0.15) is 5.82 Å². The minimum Gasteiger partial charge on any atom is -0.381 e. The number of ether oxygens (including phenoxy) is 2. The molecule has 128 valence electrons. The number of nitrogens with one attached hydrogen (secondary N) is 1. The van der Waals surface area contributed by atoms with E-state index in [-0.39, 0.29) is 0 Å². The Labute approximate surface area is 142 Å². The first-order valence-corrected chi connectivity index (χ1v) is 8.75. The predicted octanol–water partition coefficient (Wildman–Crippen LogP) is 1.78. The van der Waals surface area contributed by atoms with Gasteiger partial charge in [0.25, 0.3) is 0 Å². The Hall–Kier alpha value is -1.76. The smallest absolute Gasteiger partial charge is 0.145 e. The van der Waals surface area contributed by atoms with Crippen molar-refractivity contribution in [3.05, 3.63) is 30.5 Å². The van der Waals surface area contributed by atoms with Crippen molar-refractivity contribution in [3.63, 3.8) is 0 Å². The average Bonchev–Trinajstić information content (AvgIpc) is 3.17. The van der Waals surface area contributed by atoms with E-state index in [9.17, 15) is 0 Å². The zero-order chi connectivity index (χ0) is 16.2. The molecule has 2 aromatic rings. The Morgan fingerprint density at radius 3 is 2.75 bits per heavy atom. The van der Waals surface area contributed by atoms with E-state index in [4.69, 9.17) is 9.47 Å². The highest BCUT2D eigenvalue weighted by molar-refractivity contribution is 5.75. The molecule has 0 saturated carbocycles. The average molecular weight is 328 g/mol. The molecule has 24 heavy (non-hydrogen) atoms. The maximum absolute atomic E-state index is 5.62. The van der Waals surface area contributed by atoms with Gasteiger partial charge >= 0.3 is 0 Å². The molecule has 2 aliphatic rings. The predicted molar refractivity (Wildman–Crippen MR) is 93.1 cm³/mol. The molecule has 0 bridgehead atoms. The van der Waals surface area contributed by atoms with Gasteiger partial charge in [-0.15, -0.1) is 0 Å². The largest absolute Gasteiger partial charge is 0.381 e. The van der Waals surface area contributed by atoms with Crippen molar-refractivity contribution in [2.24, 2.45) is 5.92 Å². The molecule has 6 nitrogen and oxygen atoms in total. The standard InChI is InChI=1S/C18H24N4O2/c1-2-4-16-15(3-1)19-12-18(21-16)20-11-17(14-5-8-24-13-14)22-6-9-23-10-7-22/h1-4,12,14,17H,5-11,13H2,(H,20,21)/t14-,17+/m1/s1. The summed E-state index contributed by atoms with van der Waals surface area (Å²) < 4.78 is 11.1. The maximum atomic E-state index is 5.62. The molecule has 0 unspecified atom stereocenters. The van der Waals surface area contributed by atoms with Crippen LogP contribution in [0.2, 0.25) is 0 Å². The fourth-order valence-corrected chi connectivity index (χ4v) is 3.61. The molecule has 3 heterocycles. The van der Waals surface area contributed by atoms with Gasteiger partial charge in [0, 0.05) is 38.2 Å². The summed E-state index contributed by atoms with van der Waals surface area (Å²) in [5, 5.41) is 3.50.